The standard InChI is InChI=1S/C17H10F4N4O3/c18-13-4-2-1-3-12(13)16(26)22-10-5-7-11(8-6-10)24-15(25(27)28)9-14(23-24)17(19,20)21/h1-9H,(H,22,26). The number of hydrogen-bond acceptors (Lipinski definition) is 4. The SMILES string of the molecule is O=C(Nc1ccc(-n2nc(C(F)(F)F)cc2[N+](=O)[O-])cc1)c1ccccc1F. The highest BCUT2D eigenvalue weighted by atomic mass is 19.4. The number of hydrogen-bond donors (Lipinski definition) is 1. The van der Waals surface area contributed by atoms with Crippen LogP contribution in [0, 0.1) is 15.9 Å². The molecule has 0 atom stereocenters. The third-order valence-corrected chi connectivity index (χ3v) is 3.66. The molecule has 7 nitrogen and oxygen atoms in total. The van der Waals surface area contributed by atoms with Crippen LogP contribution in [-0.2, 0) is 6.18 Å². The number of rotatable bonds is 4. The number of benzene rings is 2. The smallest absolute Gasteiger partial charge is 0.358 e. The predicted octanol–water partition coefficient (Wildman–Crippen LogP) is 4.19. The molecule has 3 rings (SSSR count). The molecule has 2 aromatic carbocycles. The highest BCUT2D eigenvalue weighted by Gasteiger charge is 2.38. The molecule has 0 aliphatic carbocycles. The Hall–Kier alpha value is -3.76. The zero-order valence-electron chi connectivity index (χ0n) is 13.8. The summed E-state index contributed by atoms with van der Waals surface area (Å²) in [6.45, 7) is 0. The van der Waals surface area contributed by atoms with E-state index in [1.807, 2.05) is 0 Å². The Morgan fingerprint density at radius 1 is 1.11 bits per heavy atom. The lowest BCUT2D eigenvalue weighted by molar-refractivity contribution is -0.391. The molecule has 0 saturated carbocycles. The maximum absolute atomic E-state index is 13.6. The molecule has 0 bridgehead atoms. The minimum Gasteiger partial charge on any atom is -0.358 e. The van der Waals surface area contributed by atoms with Gasteiger partial charge in [-0.25, -0.2) is 4.39 Å². The van der Waals surface area contributed by atoms with E-state index in [1.165, 1.54) is 42.5 Å². The quantitative estimate of drug-likeness (QED) is 0.408. The maximum Gasteiger partial charge on any atom is 0.437 e. The molecule has 0 fully saturated rings. The van der Waals surface area contributed by atoms with E-state index < -0.39 is 34.3 Å². The maximum atomic E-state index is 13.6. The number of nitro groups is 1. The minimum absolute atomic E-state index is 0.0221. The second-order valence-electron chi connectivity index (χ2n) is 5.54. The third kappa shape index (κ3) is 3.82. The van der Waals surface area contributed by atoms with Crippen LogP contribution in [0.1, 0.15) is 16.1 Å². The van der Waals surface area contributed by atoms with Crippen molar-refractivity contribution in [1.82, 2.24) is 9.78 Å². The van der Waals surface area contributed by atoms with Crippen molar-refractivity contribution in [1.29, 1.82) is 0 Å². The molecular formula is C17H10F4N4O3. The Balaban J connectivity index is 1.87. The summed E-state index contributed by atoms with van der Waals surface area (Å²) >= 11 is 0. The molecular weight excluding hydrogens is 384 g/mol. The summed E-state index contributed by atoms with van der Waals surface area (Å²) in [5, 5.41) is 16.7. The fourth-order valence-electron chi connectivity index (χ4n) is 2.36. The third-order valence-electron chi connectivity index (χ3n) is 3.66. The number of nitrogens with zero attached hydrogens (tertiary/aromatic N) is 3. The van der Waals surface area contributed by atoms with Gasteiger partial charge in [0.25, 0.3) is 5.91 Å². The second kappa shape index (κ2) is 7.10. The Labute approximate surface area is 154 Å². The molecule has 11 heteroatoms. The van der Waals surface area contributed by atoms with Crippen molar-refractivity contribution in [3.8, 4) is 5.69 Å². The molecule has 1 aromatic heterocycles. The lowest BCUT2D eigenvalue weighted by Gasteiger charge is -2.06. The van der Waals surface area contributed by atoms with Gasteiger partial charge in [0, 0.05) is 5.69 Å². The average molecular weight is 394 g/mol. The lowest BCUT2D eigenvalue weighted by Crippen LogP contribution is -2.13. The van der Waals surface area contributed by atoms with Gasteiger partial charge >= 0.3 is 12.0 Å². The summed E-state index contributed by atoms with van der Waals surface area (Å²) in [6, 6.07) is 10.7. The van der Waals surface area contributed by atoms with E-state index in [4.69, 9.17) is 0 Å². The van der Waals surface area contributed by atoms with E-state index in [0.29, 0.717) is 10.7 Å². The Bertz CT molecular complexity index is 1050. The lowest BCUT2D eigenvalue weighted by atomic mass is 10.2. The molecule has 0 radical (unpaired) electrons. The summed E-state index contributed by atoms with van der Waals surface area (Å²) in [7, 11) is 0. The minimum atomic E-state index is -4.84. The summed E-state index contributed by atoms with van der Waals surface area (Å²) < 4.78 is 52.5. The van der Waals surface area contributed by atoms with Gasteiger partial charge in [0.2, 0.25) is 0 Å². The Morgan fingerprint density at radius 2 is 1.75 bits per heavy atom. The van der Waals surface area contributed by atoms with Gasteiger partial charge in [0.1, 0.15) is 5.82 Å². The van der Waals surface area contributed by atoms with Crippen molar-refractivity contribution < 1.29 is 27.3 Å². The molecule has 144 valence electrons. The van der Waals surface area contributed by atoms with Gasteiger partial charge in [-0.15, -0.1) is 0 Å². The van der Waals surface area contributed by atoms with Crippen molar-refractivity contribution in [2.24, 2.45) is 0 Å². The van der Waals surface area contributed by atoms with Crippen LogP contribution in [0.5, 0.6) is 0 Å². The summed E-state index contributed by atoms with van der Waals surface area (Å²) in [5.41, 5.74) is -1.41. The zero-order chi connectivity index (χ0) is 20.5. The first-order valence-corrected chi connectivity index (χ1v) is 7.65. The molecule has 3 aromatic rings. The second-order valence-corrected chi connectivity index (χ2v) is 5.54. The number of aromatic nitrogens is 2. The zero-order valence-corrected chi connectivity index (χ0v) is 13.8. The number of anilines is 1. The summed E-state index contributed by atoms with van der Waals surface area (Å²) in [5.74, 6) is -2.31. The van der Waals surface area contributed by atoms with Crippen LogP contribution in [0.2, 0.25) is 0 Å². The van der Waals surface area contributed by atoms with Gasteiger partial charge in [-0.1, -0.05) is 21.9 Å². The van der Waals surface area contributed by atoms with Crippen LogP contribution >= 0.6 is 0 Å². The first-order chi connectivity index (χ1) is 13.2. The Morgan fingerprint density at radius 3 is 2.32 bits per heavy atom. The monoisotopic (exact) mass is 394 g/mol. The van der Waals surface area contributed by atoms with Crippen molar-refractivity contribution in [3.63, 3.8) is 0 Å². The largest absolute Gasteiger partial charge is 0.437 e. The van der Waals surface area contributed by atoms with Crippen LogP contribution < -0.4 is 5.32 Å². The fourth-order valence-corrected chi connectivity index (χ4v) is 2.36. The van der Waals surface area contributed by atoms with E-state index >= 15 is 0 Å². The van der Waals surface area contributed by atoms with Gasteiger partial charge in [-0.2, -0.15) is 13.2 Å². The number of carbonyl (C=O) groups excluding carboxylic acids is 1. The normalized spacial score (nSPS) is 11.3. The van der Waals surface area contributed by atoms with Crippen molar-refractivity contribution in [2.45, 2.75) is 6.18 Å². The molecule has 1 heterocycles. The van der Waals surface area contributed by atoms with E-state index in [0.717, 1.165) is 6.07 Å². The molecule has 0 saturated heterocycles. The van der Waals surface area contributed by atoms with E-state index in [-0.39, 0.29) is 16.9 Å². The average Bonchev–Trinajstić information content (AvgIpc) is 3.09. The van der Waals surface area contributed by atoms with E-state index in [9.17, 15) is 32.5 Å². The van der Waals surface area contributed by atoms with Crippen LogP contribution in [0.4, 0.5) is 29.1 Å². The van der Waals surface area contributed by atoms with Crippen molar-refractivity contribution in [3.05, 3.63) is 81.8 Å². The van der Waals surface area contributed by atoms with Crippen LogP contribution in [0.3, 0.4) is 0 Å². The molecule has 1 N–H and O–H groups in total. The number of carbonyl (C=O) groups is 1. The Kier molecular flexibility index (Phi) is 4.82. The van der Waals surface area contributed by atoms with Gasteiger partial charge < -0.3 is 15.4 Å². The molecule has 0 spiro atoms. The molecule has 1 amide bonds. The summed E-state index contributed by atoms with van der Waals surface area (Å²) in [4.78, 5) is 22.1. The first kappa shape index (κ1) is 19.0. The van der Waals surface area contributed by atoms with Gasteiger partial charge in [0.15, 0.2) is 11.4 Å². The number of amides is 1. The number of halogens is 4. The number of nitrogens with one attached hydrogen (secondary N) is 1. The van der Waals surface area contributed by atoms with Crippen molar-refractivity contribution in [2.75, 3.05) is 5.32 Å². The van der Waals surface area contributed by atoms with Gasteiger partial charge in [-0.05, 0) is 41.3 Å². The van der Waals surface area contributed by atoms with Crippen LogP contribution in [0.15, 0.2) is 54.6 Å². The summed E-state index contributed by atoms with van der Waals surface area (Å²) in [6.07, 6.45) is -4.84. The molecule has 0 unspecified atom stereocenters. The van der Waals surface area contributed by atoms with E-state index in [2.05, 4.69) is 10.4 Å². The van der Waals surface area contributed by atoms with Crippen molar-refractivity contribution >= 4 is 17.4 Å². The van der Waals surface area contributed by atoms with E-state index in [1.54, 1.807) is 0 Å². The van der Waals surface area contributed by atoms with Gasteiger partial charge in [0.05, 0.1) is 11.6 Å². The predicted molar refractivity (Wildman–Crippen MR) is 89.6 cm³/mol. The van der Waals surface area contributed by atoms with Gasteiger partial charge in [-0.3, -0.25) is 4.79 Å². The topological polar surface area (TPSA) is 90.1 Å². The highest BCUT2D eigenvalue weighted by molar-refractivity contribution is 6.04. The molecule has 28 heavy (non-hydrogen) atoms. The van der Waals surface area contributed by atoms with Crippen LogP contribution in [-0.4, -0.2) is 20.6 Å². The van der Waals surface area contributed by atoms with Crippen LogP contribution in [0.25, 0.3) is 5.69 Å². The molecule has 0 aliphatic rings. The fraction of sp³-hybridized carbons (Fsp3) is 0.0588. The molecule has 0 aliphatic heterocycles. The highest BCUT2D eigenvalue weighted by Crippen LogP contribution is 2.32. The first-order valence-electron chi connectivity index (χ1n) is 7.65. The number of alkyl halides is 3.